The average molecular weight is 251 g/mol. The van der Waals surface area contributed by atoms with Crippen LogP contribution in [-0.2, 0) is 0 Å². The van der Waals surface area contributed by atoms with Gasteiger partial charge in [-0.2, -0.15) is 0 Å². The number of ether oxygens (including phenoxy) is 2. The van der Waals surface area contributed by atoms with Crippen molar-refractivity contribution < 1.29 is 9.47 Å². The van der Waals surface area contributed by atoms with Gasteiger partial charge >= 0.3 is 0 Å². The lowest BCUT2D eigenvalue weighted by Gasteiger charge is -2.31. The van der Waals surface area contributed by atoms with E-state index in [4.69, 9.17) is 9.47 Å². The van der Waals surface area contributed by atoms with E-state index in [-0.39, 0.29) is 5.41 Å². The van der Waals surface area contributed by atoms with Crippen molar-refractivity contribution in [2.45, 2.75) is 33.7 Å². The normalized spacial score (nSPS) is 13.2. The highest BCUT2D eigenvalue weighted by molar-refractivity contribution is 5.39. The van der Waals surface area contributed by atoms with Gasteiger partial charge in [-0.3, -0.25) is 0 Å². The Labute approximate surface area is 110 Å². The summed E-state index contributed by atoms with van der Waals surface area (Å²) in [5, 5.41) is 3.46. The molecule has 1 aromatic carbocycles. The second-order valence-corrected chi connectivity index (χ2v) is 5.44. The van der Waals surface area contributed by atoms with Gasteiger partial charge in [0, 0.05) is 6.04 Å². The molecule has 0 heterocycles. The lowest BCUT2D eigenvalue weighted by atomic mass is 9.87. The van der Waals surface area contributed by atoms with E-state index in [9.17, 15) is 0 Å². The Balaban J connectivity index is 2.67. The molecule has 0 aliphatic carbocycles. The van der Waals surface area contributed by atoms with Crippen molar-refractivity contribution in [1.82, 2.24) is 5.32 Å². The topological polar surface area (TPSA) is 30.5 Å². The number of methoxy groups -OCH3 is 1. The fourth-order valence-electron chi connectivity index (χ4n) is 1.77. The van der Waals surface area contributed by atoms with Gasteiger partial charge in [0.15, 0.2) is 11.5 Å². The fraction of sp³-hybridized carbons (Fsp3) is 0.600. The Bertz CT molecular complexity index is 358. The number of hydrogen-bond donors (Lipinski definition) is 1. The Morgan fingerprint density at radius 2 is 1.78 bits per heavy atom. The molecular formula is C15H25NO2. The molecule has 0 bridgehead atoms. The molecule has 0 radical (unpaired) electrons. The summed E-state index contributed by atoms with van der Waals surface area (Å²) in [5.41, 5.74) is 0.165. The van der Waals surface area contributed by atoms with E-state index in [2.05, 4.69) is 33.0 Å². The summed E-state index contributed by atoms with van der Waals surface area (Å²) in [6, 6.07) is 8.06. The van der Waals surface area contributed by atoms with Crippen molar-refractivity contribution in [3.63, 3.8) is 0 Å². The molecule has 1 rings (SSSR count). The van der Waals surface area contributed by atoms with Gasteiger partial charge in [0.2, 0.25) is 0 Å². The van der Waals surface area contributed by atoms with E-state index in [0.29, 0.717) is 12.6 Å². The van der Waals surface area contributed by atoms with Crippen LogP contribution in [0, 0.1) is 5.41 Å². The lowest BCUT2D eigenvalue weighted by molar-refractivity contribution is 0.172. The third-order valence-corrected chi connectivity index (χ3v) is 2.97. The summed E-state index contributed by atoms with van der Waals surface area (Å²) in [7, 11) is 1.66. The summed E-state index contributed by atoms with van der Waals surface area (Å²) >= 11 is 0. The second-order valence-electron chi connectivity index (χ2n) is 5.44. The van der Waals surface area contributed by atoms with Crippen LogP contribution < -0.4 is 14.8 Å². The zero-order chi connectivity index (χ0) is 13.6. The molecule has 3 heteroatoms. The number of benzene rings is 1. The minimum absolute atomic E-state index is 0.165. The standard InChI is InChI=1S/C15H25NO2/c1-6-16-14(15(2,3)4)11-18-13-10-8-7-9-12(13)17-5/h7-10,14,16H,6,11H2,1-5H3. The smallest absolute Gasteiger partial charge is 0.161 e. The molecule has 1 aromatic rings. The lowest BCUT2D eigenvalue weighted by Crippen LogP contribution is -2.44. The monoisotopic (exact) mass is 251 g/mol. The SMILES string of the molecule is CCNC(COc1ccccc1OC)C(C)(C)C. The molecule has 1 atom stereocenters. The van der Waals surface area contributed by atoms with Crippen molar-refractivity contribution in [2.24, 2.45) is 5.41 Å². The number of para-hydroxylation sites is 2. The fourth-order valence-corrected chi connectivity index (χ4v) is 1.77. The highest BCUT2D eigenvalue weighted by atomic mass is 16.5. The van der Waals surface area contributed by atoms with Crippen molar-refractivity contribution in [2.75, 3.05) is 20.3 Å². The van der Waals surface area contributed by atoms with E-state index < -0.39 is 0 Å². The quantitative estimate of drug-likeness (QED) is 0.842. The molecule has 18 heavy (non-hydrogen) atoms. The van der Waals surface area contributed by atoms with Crippen LogP contribution in [-0.4, -0.2) is 26.3 Å². The highest BCUT2D eigenvalue weighted by Crippen LogP contribution is 2.27. The molecule has 0 aliphatic rings. The highest BCUT2D eigenvalue weighted by Gasteiger charge is 2.24. The first-order valence-corrected chi connectivity index (χ1v) is 6.48. The third-order valence-electron chi connectivity index (χ3n) is 2.97. The van der Waals surface area contributed by atoms with E-state index in [0.717, 1.165) is 18.0 Å². The number of rotatable bonds is 6. The number of hydrogen-bond acceptors (Lipinski definition) is 3. The van der Waals surface area contributed by atoms with Crippen molar-refractivity contribution in [3.05, 3.63) is 24.3 Å². The van der Waals surface area contributed by atoms with E-state index >= 15 is 0 Å². The Hall–Kier alpha value is -1.22. The van der Waals surface area contributed by atoms with Crippen LogP contribution in [0.15, 0.2) is 24.3 Å². The van der Waals surface area contributed by atoms with E-state index in [1.807, 2.05) is 24.3 Å². The first-order valence-electron chi connectivity index (χ1n) is 6.48. The third kappa shape index (κ3) is 4.22. The summed E-state index contributed by atoms with van der Waals surface area (Å²) in [4.78, 5) is 0. The Morgan fingerprint density at radius 1 is 1.17 bits per heavy atom. The van der Waals surface area contributed by atoms with Gasteiger partial charge in [-0.15, -0.1) is 0 Å². The van der Waals surface area contributed by atoms with Crippen LogP contribution in [0.5, 0.6) is 11.5 Å². The van der Waals surface area contributed by atoms with Gasteiger partial charge in [0.1, 0.15) is 6.61 Å². The molecule has 1 N–H and O–H groups in total. The summed E-state index contributed by atoms with van der Waals surface area (Å²) in [5.74, 6) is 1.58. The summed E-state index contributed by atoms with van der Waals surface area (Å²) in [6.07, 6.45) is 0. The van der Waals surface area contributed by atoms with Crippen LogP contribution in [0.1, 0.15) is 27.7 Å². The average Bonchev–Trinajstić information content (AvgIpc) is 2.33. The van der Waals surface area contributed by atoms with Gasteiger partial charge in [0.25, 0.3) is 0 Å². The molecular weight excluding hydrogens is 226 g/mol. The van der Waals surface area contributed by atoms with Crippen molar-refractivity contribution in [1.29, 1.82) is 0 Å². The zero-order valence-electron chi connectivity index (χ0n) is 12.1. The molecule has 1 unspecified atom stereocenters. The first kappa shape index (κ1) is 14.8. The Morgan fingerprint density at radius 3 is 2.28 bits per heavy atom. The van der Waals surface area contributed by atoms with Gasteiger partial charge in [-0.25, -0.2) is 0 Å². The maximum absolute atomic E-state index is 5.88. The van der Waals surface area contributed by atoms with Crippen LogP contribution in [0.2, 0.25) is 0 Å². The predicted molar refractivity (Wildman–Crippen MR) is 75.4 cm³/mol. The molecule has 0 aromatic heterocycles. The molecule has 3 nitrogen and oxygen atoms in total. The first-order chi connectivity index (χ1) is 8.49. The van der Waals surface area contributed by atoms with Crippen LogP contribution in [0.4, 0.5) is 0 Å². The van der Waals surface area contributed by atoms with Crippen molar-refractivity contribution >= 4 is 0 Å². The van der Waals surface area contributed by atoms with Gasteiger partial charge < -0.3 is 14.8 Å². The minimum Gasteiger partial charge on any atom is -0.493 e. The van der Waals surface area contributed by atoms with Crippen molar-refractivity contribution in [3.8, 4) is 11.5 Å². The molecule has 102 valence electrons. The zero-order valence-corrected chi connectivity index (χ0v) is 12.1. The van der Waals surface area contributed by atoms with E-state index in [1.54, 1.807) is 7.11 Å². The molecule has 0 amide bonds. The molecule has 0 spiro atoms. The van der Waals surface area contributed by atoms with Crippen LogP contribution >= 0.6 is 0 Å². The molecule has 0 saturated heterocycles. The van der Waals surface area contributed by atoms with E-state index in [1.165, 1.54) is 0 Å². The van der Waals surface area contributed by atoms with Gasteiger partial charge in [0.05, 0.1) is 7.11 Å². The molecule has 0 fully saturated rings. The van der Waals surface area contributed by atoms with Gasteiger partial charge in [-0.05, 0) is 24.1 Å². The summed E-state index contributed by atoms with van der Waals surface area (Å²) < 4.78 is 11.2. The van der Waals surface area contributed by atoms with Crippen LogP contribution in [0.3, 0.4) is 0 Å². The van der Waals surface area contributed by atoms with Gasteiger partial charge in [-0.1, -0.05) is 39.8 Å². The second kappa shape index (κ2) is 6.64. The Kier molecular flexibility index (Phi) is 5.48. The summed E-state index contributed by atoms with van der Waals surface area (Å²) in [6.45, 7) is 10.3. The van der Waals surface area contributed by atoms with Crippen LogP contribution in [0.25, 0.3) is 0 Å². The number of nitrogens with one attached hydrogen (secondary N) is 1. The number of likely N-dealkylation sites (N-methyl/N-ethyl adjacent to an activating group) is 1. The predicted octanol–water partition coefficient (Wildman–Crippen LogP) is 3.10. The largest absolute Gasteiger partial charge is 0.493 e. The maximum Gasteiger partial charge on any atom is 0.161 e. The maximum atomic E-state index is 5.88. The minimum atomic E-state index is 0.165. The molecule has 0 saturated carbocycles. The molecule has 0 aliphatic heterocycles.